The number of hydrogen-bond donors (Lipinski definition) is 0. The predicted octanol–water partition coefficient (Wildman–Crippen LogP) is 7.68. The van der Waals surface area contributed by atoms with Crippen LogP contribution in [0.5, 0.6) is 0 Å². The van der Waals surface area contributed by atoms with Gasteiger partial charge in [-0.3, -0.25) is 4.57 Å². The Morgan fingerprint density at radius 1 is 0.692 bits per heavy atom. The van der Waals surface area contributed by atoms with Crippen molar-refractivity contribution < 1.29 is 8.42 Å². The zero-order chi connectivity index (χ0) is 27.4. The monoisotopic (exact) mass is 531 g/mol. The lowest BCUT2D eigenvalue weighted by atomic mass is 9.88. The maximum atomic E-state index is 13.4. The van der Waals surface area contributed by atoms with E-state index in [0.717, 1.165) is 38.8 Å². The van der Waals surface area contributed by atoms with E-state index in [9.17, 15) is 8.42 Å². The van der Waals surface area contributed by atoms with Crippen LogP contribution >= 0.6 is 0 Å². The highest BCUT2D eigenvalue weighted by molar-refractivity contribution is 7.91. The molecule has 0 saturated carbocycles. The quantitative estimate of drug-likeness (QED) is 0.234. The molecular weight excluding hydrogens is 502 g/mol. The van der Waals surface area contributed by atoms with Gasteiger partial charge in [0.2, 0.25) is 9.84 Å². The summed E-state index contributed by atoms with van der Waals surface area (Å²) in [5.41, 5.74) is 5.65. The van der Waals surface area contributed by atoms with Gasteiger partial charge in [-0.2, -0.15) is 0 Å². The van der Waals surface area contributed by atoms with E-state index < -0.39 is 9.84 Å². The molecule has 0 amide bonds. The van der Waals surface area contributed by atoms with Crippen molar-refractivity contribution >= 4 is 31.6 Å². The SMILES string of the molecule is Cc1cccnc1S(=O)(=O)c1cccc(-c2ccc3c4ccccc4n(-c4cc(C(C)(C)C)ccn4)c3c2)c1. The Labute approximate surface area is 228 Å². The molecule has 0 spiro atoms. The van der Waals surface area contributed by atoms with Crippen molar-refractivity contribution in [2.24, 2.45) is 0 Å². The third-order valence-corrected chi connectivity index (χ3v) is 9.02. The van der Waals surface area contributed by atoms with Gasteiger partial charge in [0, 0.05) is 23.2 Å². The molecule has 0 N–H and O–H groups in total. The first-order chi connectivity index (χ1) is 18.6. The number of sulfone groups is 1. The maximum Gasteiger partial charge on any atom is 0.224 e. The van der Waals surface area contributed by atoms with Gasteiger partial charge >= 0.3 is 0 Å². The van der Waals surface area contributed by atoms with Crippen LogP contribution in [-0.2, 0) is 15.3 Å². The number of aromatic nitrogens is 3. The number of pyridine rings is 2. The maximum absolute atomic E-state index is 13.4. The summed E-state index contributed by atoms with van der Waals surface area (Å²) in [7, 11) is -3.76. The molecule has 0 radical (unpaired) electrons. The van der Waals surface area contributed by atoms with Crippen LogP contribution in [0, 0.1) is 6.92 Å². The van der Waals surface area contributed by atoms with Crippen molar-refractivity contribution in [1.29, 1.82) is 0 Å². The van der Waals surface area contributed by atoms with E-state index in [1.54, 1.807) is 37.3 Å². The highest BCUT2D eigenvalue weighted by atomic mass is 32.2. The second kappa shape index (κ2) is 9.17. The topological polar surface area (TPSA) is 64.8 Å². The van der Waals surface area contributed by atoms with Crippen molar-refractivity contribution in [3.05, 3.63) is 115 Å². The molecule has 0 aliphatic rings. The fourth-order valence-corrected chi connectivity index (χ4v) is 6.57. The first-order valence-electron chi connectivity index (χ1n) is 12.9. The molecule has 3 aromatic carbocycles. The van der Waals surface area contributed by atoms with Crippen molar-refractivity contribution in [2.45, 2.75) is 43.0 Å². The average molecular weight is 532 g/mol. The summed E-state index contributed by atoms with van der Waals surface area (Å²) >= 11 is 0. The molecular formula is C33H29N3O2S. The Morgan fingerprint density at radius 2 is 1.46 bits per heavy atom. The molecule has 6 rings (SSSR count). The Hall–Kier alpha value is -4.29. The molecule has 194 valence electrons. The minimum absolute atomic E-state index is 0.0144. The summed E-state index contributed by atoms with van der Waals surface area (Å²) in [6, 6.07) is 29.4. The van der Waals surface area contributed by atoms with Crippen molar-refractivity contribution in [2.75, 3.05) is 0 Å². The Morgan fingerprint density at radius 3 is 2.26 bits per heavy atom. The average Bonchev–Trinajstić information content (AvgIpc) is 3.26. The minimum Gasteiger partial charge on any atom is -0.294 e. The van der Waals surface area contributed by atoms with Crippen molar-refractivity contribution in [1.82, 2.24) is 14.5 Å². The van der Waals surface area contributed by atoms with E-state index >= 15 is 0 Å². The molecule has 6 heteroatoms. The zero-order valence-corrected chi connectivity index (χ0v) is 23.2. The summed E-state index contributed by atoms with van der Waals surface area (Å²) in [5, 5.41) is 2.34. The fraction of sp³-hybridized carbons (Fsp3) is 0.152. The Balaban J connectivity index is 1.55. The van der Waals surface area contributed by atoms with Crippen molar-refractivity contribution in [3.8, 4) is 16.9 Å². The number of nitrogens with zero attached hydrogens (tertiary/aromatic N) is 3. The molecule has 0 unspecified atom stereocenters. The predicted molar refractivity (Wildman–Crippen MR) is 157 cm³/mol. The van der Waals surface area contributed by atoms with Gasteiger partial charge < -0.3 is 0 Å². The van der Waals surface area contributed by atoms with E-state index in [1.807, 2.05) is 24.4 Å². The van der Waals surface area contributed by atoms with E-state index in [2.05, 4.69) is 72.8 Å². The zero-order valence-electron chi connectivity index (χ0n) is 22.4. The largest absolute Gasteiger partial charge is 0.294 e. The van der Waals surface area contributed by atoms with Gasteiger partial charge in [0.05, 0.1) is 15.9 Å². The van der Waals surface area contributed by atoms with Crippen LogP contribution in [-0.4, -0.2) is 23.0 Å². The number of rotatable bonds is 4. The van der Waals surface area contributed by atoms with Gasteiger partial charge in [-0.25, -0.2) is 18.4 Å². The van der Waals surface area contributed by atoms with Gasteiger partial charge in [0.15, 0.2) is 5.03 Å². The molecule has 0 fully saturated rings. The summed E-state index contributed by atoms with van der Waals surface area (Å²) < 4.78 is 29.1. The number of benzene rings is 3. The Bertz CT molecular complexity index is 1980. The normalized spacial score (nSPS) is 12.3. The van der Waals surface area contributed by atoms with Gasteiger partial charge in [0.25, 0.3) is 0 Å². The highest BCUT2D eigenvalue weighted by Gasteiger charge is 2.22. The van der Waals surface area contributed by atoms with Gasteiger partial charge in [-0.1, -0.05) is 69.3 Å². The first kappa shape index (κ1) is 25.0. The van der Waals surface area contributed by atoms with Gasteiger partial charge in [-0.05, 0) is 77.1 Å². The number of para-hydroxylation sites is 1. The third kappa shape index (κ3) is 4.31. The molecule has 3 aromatic heterocycles. The molecule has 0 saturated heterocycles. The first-order valence-corrected chi connectivity index (χ1v) is 14.4. The van der Waals surface area contributed by atoms with Crippen LogP contribution in [0.2, 0.25) is 0 Å². The summed E-state index contributed by atoms with van der Waals surface area (Å²) in [4.78, 5) is 9.15. The third-order valence-electron chi connectivity index (χ3n) is 7.21. The molecule has 0 aliphatic heterocycles. The lowest BCUT2D eigenvalue weighted by Crippen LogP contribution is -2.12. The van der Waals surface area contributed by atoms with Gasteiger partial charge in [-0.15, -0.1) is 0 Å². The molecule has 6 aromatic rings. The molecule has 5 nitrogen and oxygen atoms in total. The smallest absolute Gasteiger partial charge is 0.224 e. The summed E-state index contributed by atoms with van der Waals surface area (Å²) in [6.45, 7) is 8.36. The fourth-order valence-electron chi connectivity index (χ4n) is 5.11. The van der Waals surface area contributed by atoms with Crippen LogP contribution in [0.3, 0.4) is 0 Å². The van der Waals surface area contributed by atoms with Crippen LogP contribution < -0.4 is 0 Å². The van der Waals surface area contributed by atoms with Crippen LogP contribution in [0.4, 0.5) is 0 Å². The van der Waals surface area contributed by atoms with E-state index in [4.69, 9.17) is 4.98 Å². The molecule has 0 aliphatic carbocycles. The standard InChI is InChI=1S/C33H29N3O2S/c1-22-9-8-17-35-32(22)39(37,38)26-11-7-10-23(19-26)24-14-15-28-27-12-5-6-13-29(27)36(30(28)20-24)31-21-25(16-18-34-31)33(2,3)4/h5-21H,1-4H3. The lowest BCUT2D eigenvalue weighted by molar-refractivity contribution is 0.588. The van der Waals surface area contributed by atoms with Crippen LogP contribution in [0.25, 0.3) is 38.8 Å². The van der Waals surface area contributed by atoms with Crippen LogP contribution in [0.1, 0.15) is 31.9 Å². The van der Waals surface area contributed by atoms with E-state index in [-0.39, 0.29) is 15.3 Å². The van der Waals surface area contributed by atoms with Gasteiger partial charge in [0.1, 0.15) is 5.82 Å². The second-order valence-corrected chi connectivity index (χ2v) is 12.8. The van der Waals surface area contributed by atoms with E-state index in [1.165, 1.54) is 11.8 Å². The number of hydrogen-bond acceptors (Lipinski definition) is 4. The lowest BCUT2D eigenvalue weighted by Gasteiger charge is -2.20. The van der Waals surface area contributed by atoms with Crippen LogP contribution in [0.15, 0.2) is 113 Å². The molecule has 0 bridgehead atoms. The molecule has 39 heavy (non-hydrogen) atoms. The highest BCUT2D eigenvalue weighted by Crippen LogP contribution is 2.36. The summed E-state index contributed by atoms with van der Waals surface area (Å²) in [6.07, 6.45) is 3.38. The number of fused-ring (bicyclic) bond motifs is 3. The summed E-state index contributed by atoms with van der Waals surface area (Å²) in [5.74, 6) is 0.854. The van der Waals surface area contributed by atoms with E-state index in [0.29, 0.717) is 5.56 Å². The minimum atomic E-state index is -3.76. The van der Waals surface area contributed by atoms with Crippen molar-refractivity contribution in [3.63, 3.8) is 0 Å². The number of aryl methyl sites for hydroxylation is 1. The molecule has 0 atom stereocenters. The Kier molecular flexibility index (Phi) is 5.88. The molecule has 3 heterocycles. The second-order valence-electron chi connectivity index (χ2n) is 10.9.